The summed E-state index contributed by atoms with van der Waals surface area (Å²) in [5.74, 6) is 0.114. The number of hydrogen-bond acceptors (Lipinski definition) is 3. The minimum absolute atomic E-state index is 0.114. The van der Waals surface area contributed by atoms with Crippen LogP contribution in [0.5, 0.6) is 0 Å². The average Bonchev–Trinajstić information content (AvgIpc) is 2.79. The monoisotopic (exact) mass is 289 g/mol. The third-order valence-corrected chi connectivity index (χ3v) is 4.07. The summed E-state index contributed by atoms with van der Waals surface area (Å²) in [4.78, 5) is 16.0. The Balaban J connectivity index is 1.52. The molecule has 0 unspecified atom stereocenters. The third-order valence-electron chi connectivity index (χ3n) is 4.07. The van der Waals surface area contributed by atoms with E-state index in [4.69, 9.17) is 0 Å². The Morgan fingerprint density at radius 3 is 2.67 bits per heavy atom. The highest BCUT2D eigenvalue weighted by Crippen LogP contribution is 2.16. The predicted octanol–water partition coefficient (Wildman–Crippen LogP) is 2.44. The lowest BCUT2D eigenvalue weighted by Crippen LogP contribution is -2.36. The first-order chi connectivity index (χ1) is 10.3. The molecule has 1 aliphatic carbocycles. The van der Waals surface area contributed by atoms with E-state index in [0.717, 1.165) is 18.8 Å². The van der Waals surface area contributed by atoms with E-state index in [1.807, 2.05) is 18.2 Å². The Morgan fingerprint density at radius 2 is 1.95 bits per heavy atom. The normalized spacial score (nSPS) is 16.4. The van der Waals surface area contributed by atoms with Crippen LogP contribution in [-0.2, 0) is 11.2 Å². The molecule has 1 heterocycles. The molecule has 1 aromatic rings. The highest BCUT2D eigenvalue weighted by molar-refractivity contribution is 5.76. The number of carbonyl (C=O) groups is 1. The van der Waals surface area contributed by atoms with Gasteiger partial charge in [-0.3, -0.25) is 9.78 Å². The van der Waals surface area contributed by atoms with E-state index in [0.29, 0.717) is 18.9 Å². The molecule has 1 aliphatic rings. The van der Waals surface area contributed by atoms with E-state index in [2.05, 4.69) is 15.6 Å². The summed E-state index contributed by atoms with van der Waals surface area (Å²) < 4.78 is 0. The fraction of sp³-hybridized carbons (Fsp3) is 0.647. The maximum atomic E-state index is 11.8. The second-order valence-corrected chi connectivity index (χ2v) is 5.81. The fourth-order valence-corrected chi connectivity index (χ4v) is 2.84. The van der Waals surface area contributed by atoms with Gasteiger partial charge in [0, 0.05) is 37.4 Å². The van der Waals surface area contributed by atoms with Crippen LogP contribution < -0.4 is 10.6 Å². The van der Waals surface area contributed by atoms with Gasteiger partial charge in [0.1, 0.15) is 0 Å². The summed E-state index contributed by atoms with van der Waals surface area (Å²) in [6.07, 6.45) is 11.0. The van der Waals surface area contributed by atoms with Crippen LogP contribution in [0.15, 0.2) is 24.4 Å². The standard InChI is InChI=1S/C17H27N3O/c21-17(11-10-16-9-5-6-12-18-16)20-14-13-19-15-7-3-1-2-4-8-15/h5-6,9,12,15,19H,1-4,7-8,10-11,13-14H2,(H,20,21). The number of amides is 1. The van der Waals surface area contributed by atoms with Crippen molar-refractivity contribution < 1.29 is 4.79 Å². The Hall–Kier alpha value is -1.42. The summed E-state index contributed by atoms with van der Waals surface area (Å²) in [6.45, 7) is 1.59. The van der Waals surface area contributed by atoms with Gasteiger partial charge < -0.3 is 10.6 Å². The molecule has 2 N–H and O–H groups in total. The van der Waals surface area contributed by atoms with E-state index in [1.165, 1.54) is 38.5 Å². The van der Waals surface area contributed by atoms with Gasteiger partial charge in [-0.25, -0.2) is 0 Å². The van der Waals surface area contributed by atoms with Crippen molar-refractivity contribution in [1.29, 1.82) is 0 Å². The Bertz CT molecular complexity index is 400. The number of rotatable bonds is 7. The van der Waals surface area contributed by atoms with E-state index in [-0.39, 0.29) is 5.91 Å². The van der Waals surface area contributed by atoms with Gasteiger partial charge in [-0.1, -0.05) is 31.7 Å². The molecule has 1 fully saturated rings. The van der Waals surface area contributed by atoms with Crippen molar-refractivity contribution >= 4 is 5.91 Å². The van der Waals surface area contributed by atoms with Gasteiger partial charge in [-0.05, 0) is 31.4 Å². The largest absolute Gasteiger partial charge is 0.355 e. The van der Waals surface area contributed by atoms with Crippen LogP contribution in [0.2, 0.25) is 0 Å². The van der Waals surface area contributed by atoms with Crippen LogP contribution in [0.1, 0.15) is 50.6 Å². The molecule has 0 saturated heterocycles. The molecular formula is C17H27N3O. The van der Waals surface area contributed by atoms with Crippen molar-refractivity contribution in [3.63, 3.8) is 0 Å². The highest BCUT2D eigenvalue weighted by Gasteiger charge is 2.11. The number of nitrogens with one attached hydrogen (secondary N) is 2. The van der Waals surface area contributed by atoms with Crippen molar-refractivity contribution in [2.24, 2.45) is 0 Å². The summed E-state index contributed by atoms with van der Waals surface area (Å²) in [7, 11) is 0. The number of hydrogen-bond donors (Lipinski definition) is 2. The maximum Gasteiger partial charge on any atom is 0.220 e. The molecule has 0 bridgehead atoms. The zero-order chi connectivity index (χ0) is 14.8. The zero-order valence-electron chi connectivity index (χ0n) is 12.8. The van der Waals surface area contributed by atoms with E-state index >= 15 is 0 Å². The molecule has 21 heavy (non-hydrogen) atoms. The van der Waals surface area contributed by atoms with Gasteiger partial charge in [-0.2, -0.15) is 0 Å². The summed E-state index contributed by atoms with van der Waals surface area (Å²) in [6, 6.07) is 6.46. The van der Waals surface area contributed by atoms with Crippen molar-refractivity contribution in [2.75, 3.05) is 13.1 Å². The fourth-order valence-electron chi connectivity index (χ4n) is 2.84. The lowest BCUT2D eigenvalue weighted by Gasteiger charge is -2.16. The smallest absolute Gasteiger partial charge is 0.220 e. The van der Waals surface area contributed by atoms with Crippen molar-refractivity contribution in [3.05, 3.63) is 30.1 Å². The lowest BCUT2D eigenvalue weighted by atomic mass is 10.1. The Kier molecular flexibility index (Phi) is 7.22. The van der Waals surface area contributed by atoms with Crippen LogP contribution >= 0.6 is 0 Å². The molecule has 2 rings (SSSR count). The minimum atomic E-state index is 0.114. The quantitative estimate of drug-likeness (QED) is 0.599. The topological polar surface area (TPSA) is 54.0 Å². The zero-order valence-corrected chi connectivity index (χ0v) is 12.8. The predicted molar refractivity (Wildman–Crippen MR) is 85.1 cm³/mol. The average molecular weight is 289 g/mol. The highest BCUT2D eigenvalue weighted by atomic mass is 16.1. The van der Waals surface area contributed by atoms with Crippen molar-refractivity contribution in [3.8, 4) is 0 Å². The van der Waals surface area contributed by atoms with Crippen LogP contribution in [0.4, 0.5) is 0 Å². The molecule has 0 aromatic carbocycles. The lowest BCUT2D eigenvalue weighted by molar-refractivity contribution is -0.121. The molecule has 116 valence electrons. The van der Waals surface area contributed by atoms with Crippen molar-refractivity contribution in [1.82, 2.24) is 15.6 Å². The SMILES string of the molecule is O=C(CCc1ccccn1)NCCNC1CCCCCC1. The first kappa shape index (κ1) is 16.0. The molecule has 0 atom stereocenters. The number of nitrogens with zero attached hydrogens (tertiary/aromatic N) is 1. The van der Waals surface area contributed by atoms with Crippen LogP contribution in [0, 0.1) is 0 Å². The summed E-state index contributed by atoms with van der Waals surface area (Å²) in [5, 5.41) is 6.54. The number of aryl methyl sites for hydroxylation is 1. The Labute approximate surface area is 127 Å². The first-order valence-corrected chi connectivity index (χ1v) is 8.24. The number of pyridine rings is 1. The number of carbonyl (C=O) groups excluding carboxylic acids is 1. The van der Waals surface area contributed by atoms with Crippen LogP contribution in [0.25, 0.3) is 0 Å². The number of aromatic nitrogens is 1. The minimum Gasteiger partial charge on any atom is -0.355 e. The molecule has 1 saturated carbocycles. The van der Waals surface area contributed by atoms with Gasteiger partial charge in [0.2, 0.25) is 5.91 Å². The van der Waals surface area contributed by atoms with E-state index in [1.54, 1.807) is 6.20 Å². The van der Waals surface area contributed by atoms with E-state index in [9.17, 15) is 4.79 Å². The van der Waals surface area contributed by atoms with Crippen LogP contribution in [0.3, 0.4) is 0 Å². The Morgan fingerprint density at radius 1 is 1.14 bits per heavy atom. The summed E-state index contributed by atoms with van der Waals surface area (Å²) in [5.41, 5.74) is 0.976. The molecule has 1 amide bonds. The van der Waals surface area contributed by atoms with Gasteiger partial charge in [-0.15, -0.1) is 0 Å². The van der Waals surface area contributed by atoms with E-state index < -0.39 is 0 Å². The van der Waals surface area contributed by atoms with Gasteiger partial charge >= 0.3 is 0 Å². The summed E-state index contributed by atoms with van der Waals surface area (Å²) >= 11 is 0. The molecule has 0 radical (unpaired) electrons. The van der Waals surface area contributed by atoms with Gasteiger partial charge in [0.25, 0.3) is 0 Å². The van der Waals surface area contributed by atoms with Gasteiger partial charge in [0.05, 0.1) is 0 Å². The molecule has 4 heteroatoms. The van der Waals surface area contributed by atoms with Gasteiger partial charge in [0.15, 0.2) is 0 Å². The molecule has 4 nitrogen and oxygen atoms in total. The molecular weight excluding hydrogens is 262 g/mol. The van der Waals surface area contributed by atoms with Crippen molar-refractivity contribution in [2.45, 2.75) is 57.4 Å². The maximum absolute atomic E-state index is 11.8. The first-order valence-electron chi connectivity index (χ1n) is 8.24. The second-order valence-electron chi connectivity index (χ2n) is 5.81. The third kappa shape index (κ3) is 6.71. The van der Waals surface area contributed by atoms with Crippen LogP contribution in [-0.4, -0.2) is 30.0 Å². The molecule has 0 aliphatic heterocycles. The molecule has 0 spiro atoms. The molecule has 1 aromatic heterocycles. The second kappa shape index (κ2) is 9.50.